The van der Waals surface area contributed by atoms with Gasteiger partial charge in [0.05, 0.1) is 12.3 Å². The maximum absolute atomic E-state index is 8.96. The van der Waals surface area contributed by atoms with E-state index in [-0.39, 0.29) is 12.0 Å². The fraction of sp³-hybridized carbons (Fsp3) is 0.600. The van der Waals surface area contributed by atoms with Gasteiger partial charge in [-0.3, -0.25) is 0 Å². The Kier molecular flexibility index (Phi) is 2.66. The Labute approximate surface area is 78.9 Å². The van der Waals surface area contributed by atoms with Crippen molar-refractivity contribution in [3.05, 3.63) is 23.3 Å². The lowest BCUT2D eigenvalue weighted by Crippen LogP contribution is -2.17. The molecule has 3 heteroatoms. The first-order chi connectivity index (χ1) is 5.93. The van der Waals surface area contributed by atoms with Crippen molar-refractivity contribution in [2.75, 3.05) is 0 Å². The second-order valence-corrected chi connectivity index (χ2v) is 4.23. The van der Waals surface area contributed by atoms with Crippen LogP contribution in [-0.2, 0) is 12.0 Å². The second-order valence-electron chi connectivity index (χ2n) is 4.23. The summed E-state index contributed by atoms with van der Waals surface area (Å²) < 4.78 is 0. The van der Waals surface area contributed by atoms with E-state index in [4.69, 9.17) is 5.11 Å². The fourth-order valence-electron chi connectivity index (χ4n) is 1.05. The molecule has 0 unspecified atom stereocenters. The predicted molar refractivity (Wildman–Crippen MR) is 51.4 cm³/mol. The van der Waals surface area contributed by atoms with E-state index in [2.05, 4.69) is 30.7 Å². The summed E-state index contributed by atoms with van der Waals surface area (Å²) in [5, 5.41) is 8.96. The Morgan fingerprint density at radius 2 is 1.92 bits per heavy atom. The molecule has 0 aliphatic carbocycles. The summed E-state index contributed by atoms with van der Waals surface area (Å²) in [6.45, 7) is 8.07. The SMILES string of the molecule is Cc1cc(CO)nc(C(C)(C)C)n1. The van der Waals surface area contributed by atoms with Crippen LogP contribution < -0.4 is 0 Å². The average Bonchev–Trinajstić information content (AvgIpc) is 2.01. The van der Waals surface area contributed by atoms with Crippen LogP contribution in [-0.4, -0.2) is 15.1 Å². The third kappa shape index (κ3) is 2.49. The van der Waals surface area contributed by atoms with Crippen molar-refractivity contribution in [2.45, 2.75) is 39.7 Å². The first-order valence-electron chi connectivity index (χ1n) is 4.39. The third-order valence-corrected chi connectivity index (χ3v) is 1.74. The Hall–Kier alpha value is -0.960. The Morgan fingerprint density at radius 3 is 2.38 bits per heavy atom. The number of rotatable bonds is 1. The maximum atomic E-state index is 8.96. The molecule has 0 saturated heterocycles. The summed E-state index contributed by atoms with van der Waals surface area (Å²) in [7, 11) is 0. The van der Waals surface area contributed by atoms with E-state index in [0.717, 1.165) is 11.5 Å². The first-order valence-corrected chi connectivity index (χ1v) is 4.39. The summed E-state index contributed by atoms with van der Waals surface area (Å²) in [6.07, 6.45) is 0. The number of aliphatic hydroxyl groups is 1. The zero-order valence-electron chi connectivity index (χ0n) is 8.63. The summed E-state index contributed by atoms with van der Waals surface area (Å²) >= 11 is 0. The van der Waals surface area contributed by atoms with Crippen molar-refractivity contribution in [2.24, 2.45) is 0 Å². The van der Waals surface area contributed by atoms with E-state index in [9.17, 15) is 0 Å². The Morgan fingerprint density at radius 1 is 1.31 bits per heavy atom. The molecule has 0 aliphatic heterocycles. The van der Waals surface area contributed by atoms with Crippen LogP contribution in [0.5, 0.6) is 0 Å². The predicted octanol–water partition coefficient (Wildman–Crippen LogP) is 1.57. The number of aliphatic hydroxyl groups excluding tert-OH is 1. The van der Waals surface area contributed by atoms with E-state index < -0.39 is 0 Å². The molecule has 0 spiro atoms. The van der Waals surface area contributed by atoms with Crippen LogP contribution in [0, 0.1) is 6.92 Å². The molecule has 1 rings (SSSR count). The monoisotopic (exact) mass is 180 g/mol. The zero-order valence-corrected chi connectivity index (χ0v) is 8.63. The van der Waals surface area contributed by atoms with Crippen molar-refractivity contribution in [1.82, 2.24) is 9.97 Å². The molecule has 13 heavy (non-hydrogen) atoms. The first kappa shape index (κ1) is 10.1. The molecule has 0 fully saturated rings. The molecule has 0 aliphatic rings. The molecule has 1 aromatic heterocycles. The van der Waals surface area contributed by atoms with Crippen LogP contribution >= 0.6 is 0 Å². The maximum Gasteiger partial charge on any atom is 0.134 e. The van der Waals surface area contributed by atoms with Gasteiger partial charge >= 0.3 is 0 Å². The van der Waals surface area contributed by atoms with Crippen LogP contribution in [0.4, 0.5) is 0 Å². The molecule has 0 saturated carbocycles. The lowest BCUT2D eigenvalue weighted by atomic mass is 9.95. The molecule has 1 N–H and O–H groups in total. The molecule has 0 bridgehead atoms. The molecule has 3 nitrogen and oxygen atoms in total. The van der Waals surface area contributed by atoms with Gasteiger partial charge in [-0.2, -0.15) is 0 Å². The molecule has 0 amide bonds. The summed E-state index contributed by atoms with van der Waals surface area (Å²) in [5.41, 5.74) is 1.54. The van der Waals surface area contributed by atoms with Gasteiger partial charge in [-0.25, -0.2) is 9.97 Å². The molecule has 1 aromatic rings. The van der Waals surface area contributed by atoms with Gasteiger partial charge in [0.2, 0.25) is 0 Å². The lowest BCUT2D eigenvalue weighted by Gasteiger charge is -2.17. The number of hydrogen-bond donors (Lipinski definition) is 1. The highest BCUT2D eigenvalue weighted by molar-refractivity contribution is 5.13. The van der Waals surface area contributed by atoms with Crippen LogP contribution in [0.15, 0.2) is 6.07 Å². The minimum absolute atomic E-state index is 0.0214. The van der Waals surface area contributed by atoms with Crippen molar-refractivity contribution in [3.63, 3.8) is 0 Å². The summed E-state index contributed by atoms with van der Waals surface area (Å²) in [5.74, 6) is 0.788. The minimum atomic E-state index is -0.0596. The van der Waals surface area contributed by atoms with E-state index in [1.807, 2.05) is 6.92 Å². The van der Waals surface area contributed by atoms with Crippen molar-refractivity contribution < 1.29 is 5.11 Å². The van der Waals surface area contributed by atoms with Crippen molar-refractivity contribution >= 4 is 0 Å². The number of hydrogen-bond acceptors (Lipinski definition) is 3. The molecule has 1 heterocycles. The summed E-state index contributed by atoms with van der Waals surface area (Å²) in [6, 6.07) is 1.80. The van der Waals surface area contributed by atoms with E-state index in [0.29, 0.717) is 5.69 Å². The number of nitrogens with zero attached hydrogens (tertiary/aromatic N) is 2. The summed E-state index contributed by atoms with van der Waals surface area (Å²) in [4.78, 5) is 8.59. The van der Waals surface area contributed by atoms with Crippen LogP contribution in [0.25, 0.3) is 0 Å². The van der Waals surface area contributed by atoms with Gasteiger partial charge in [-0.05, 0) is 13.0 Å². The second kappa shape index (κ2) is 3.42. The van der Waals surface area contributed by atoms with Crippen LogP contribution in [0.3, 0.4) is 0 Å². The van der Waals surface area contributed by atoms with Gasteiger partial charge in [-0.1, -0.05) is 20.8 Å². The van der Waals surface area contributed by atoms with E-state index in [1.54, 1.807) is 6.07 Å². The van der Waals surface area contributed by atoms with Crippen molar-refractivity contribution in [3.8, 4) is 0 Å². The zero-order chi connectivity index (χ0) is 10.1. The fourth-order valence-corrected chi connectivity index (χ4v) is 1.05. The highest BCUT2D eigenvalue weighted by Gasteiger charge is 2.17. The van der Waals surface area contributed by atoms with Gasteiger partial charge in [0.25, 0.3) is 0 Å². The van der Waals surface area contributed by atoms with Gasteiger partial charge in [0, 0.05) is 11.1 Å². The molecular formula is C10H16N2O. The molecule has 72 valence electrons. The normalized spacial score (nSPS) is 11.8. The third-order valence-electron chi connectivity index (χ3n) is 1.74. The van der Waals surface area contributed by atoms with Crippen LogP contribution in [0.2, 0.25) is 0 Å². The highest BCUT2D eigenvalue weighted by Crippen LogP contribution is 2.18. The average molecular weight is 180 g/mol. The molecular weight excluding hydrogens is 164 g/mol. The number of aryl methyl sites for hydroxylation is 1. The van der Waals surface area contributed by atoms with Gasteiger partial charge in [0.15, 0.2) is 0 Å². The highest BCUT2D eigenvalue weighted by atomic mass is 16.3. The number of aromatic nitrogens is 2. The Bertz CT molecular complexity index is 302. The standard InChI is InChI=1S/C10H16N2O/c1-7-5-8(6-13)12-9(11-7)10(2,3)4/h5,13H,6H2,1-4H3. The Balaban J connectivity index is 3.16. The van der Waals surface area contributed by atoms with Gasteiger partial charge in [-0.15, -0.1) is 0 Å². The lowest BCUT2D eigenvalue weighted by molar-refractivity contribution is 0.275. The minimum Gasteiger partial charge on any atom is -0.390 e. The van der Waals surface area contributed by atoms with E-state index in [1.165, 1.54) is 0 Å². The molecule has 0 aromatic carbocycles. The molecule has 0 atom stereocenters. The largest absolute Gasteiger partial charge is 0.390 e. The van der Waals surface area contributed by atoms with E-state index >= 15 is 0 Å². The van der Waals surface area contributed by atoms with Crippen LogP contribution in [0.1, 0.15) is 38.0 Å². The molecule has 0 radical (unpaired) electrons. The quantitative estimate of drug-likeness (QED) is 0.713. The topological polar surface area (TPSA) is 46.0 Å². The smallest absolute Gasteiger partial charge is 0.134 e. The van der Waals surface area contributed by atoms with Gasteiger partial charge < -0.3 is 5.11 Å². The van der Waals surface area contributed by atoms with Gasteiger partial charge in [0.1, 0.15) is 5.82 Å². The van der Waals surface area contributed by atoms with Crippen molar-refractivity contribution in [1.29, 1.82) is 0 Å².